The lowest BCUT2D eigenvalue weighted by molar-refractivity contribution is -0.154. The van der Waals surface area contributed by atoms with E-state index in [2.05, 4.69) is 15.6 Å². The van der Waals surface area contributed by atoms with Crippen LogP contribution >= 0.6 is 0 Å². The van der Waals surface area contributed by atoms with Gasteiger partial charge < -0.3 is 20.1 Å². The van der Waals surface area contributed by atoms with E-state index in [0.29, 0.717) is 6.54 Å². The number of morpholine rings is 1. The molecule has 0 bridgehead atoms. The summed E-state index contributed by atoms with van der Waals surface area (Å²) in [5, 5.41) is 19.8. The molecule has 0 saturated carbocycles. The molecular formula is C11H15N5O4. The van der Waals surface area contributed by atoms with E-state index < -0.39 is 12.1 Å². The molecule has 0 radical (unpaired) electrons. The van der Waals surface area contributed by atoms with E-state index in [1.165, 1.54) is 4.90 Å². The number of hydrogen-bond acceptors (Lipinski definition) is 6. The van der Waals surface area contributed by atoms with Crippen molar-refractivity contribution >= 4 is 11.9 Å². The predicted molar refractivity (Wildman–Crippen MR) is 65.2 cm³/mol. The molecule has 9 nitrogen and oxygen atoms in total. The van der Waals surface area contributed by atoms with E-state index in [4.69, 9.17) is 9.84 Å². The molecule has 108 valence electrons. The van der Waals surface area contributed by atoms with Gasteiger partial charge in [0.25, 0.3) is 5.91 Å². The Hall–Kier alpha value is -2.00. The fourth-order valence-corrected chi connectivity index (χ4v) is 2.16. The lowest BCUT2D eigenvalue weighted by Gasteiger charge is -2.30. The Labute approximate surface area is 114 Å². The standard InChI is InChI=1S/C11H15N5O4/c17-10(15-1-2-20-9(6-15)11(18)19)8-5-16(14-13-8)7-3-12-4-7/h5,7,9,12H,1-4,6H2,(H,18,19). The zero-order valence-corrected chi connectivity index (χ0v) is 10.7. The molecule has 1 atom stereocenters. The minimum Gasteiger partial charge on any atom is -0.479 e. The maximum atomic E-state index is 12.3. The number of rotatable bonds is 3. The van der Waals surface area contributed by atoms with Crippen LogP contribution in [0.15, 0.2) is 6.20 Å². The van der Waals surface area contributed by atoms with Gasteiger partial charge in [-0.1, -0.05) is 5.21 Å². The smallest absolute Gasteiger partial charge is 0.334 e. The van der Waals surface area contributed by atoms with E-state index in [-0.39, 0.29) is 30.8 Å². The summed E-state index contributed by atoms with van der Waals surface area (Å²) in [6, 6.07) is 0.237. The molecule has 2 saturated heterocycles. The number of ether oxygens (including phenoxy) is 1. The number of carbonyl (C=O) groups is 2. The number of aromatic nitrogens is 3. The van der Waals surface area contributed by atoms with E-state index in [1.54, 1.807) is 10.9 Å². The van der Waals surface area contributed by atoms with Crippen LogP contribution in [0.25, 0.3) is 0 Å². The Balaban J connectivity index is 1.68. The maximum absolute atomic E-state index is 12.3. The van der Waals surface area contributed by atoms with Crippen LogP contribution in [0.4, 0.5) is 0 Å². The third-order valence-electron chi connectivity index (χ3n) is 3.49. The quantitative estimate of drug-likeness (QED) is 0.683. The summed E-state index contributed by atoms with van der Waals surface area (Å²) in [6.07, 6.45) is 0.637. The fraction of sp³-hybridized carbons (Fsp3) is 0.636. The third-order valence-corrected chi connectivity index (χ3v) is 3.49. The lowest BCUT2D eigenvalue weighted by Crippen LogP contribution is -2.48. The Morgan fingerprint density at radius 3 is 2.90 bits per heavy atom. The van der Waals surface area contributed by atoms with Crippen molar-refractivity contribution in [1.29, 1.82) is 0 Å². The molecule has 1 amide bonds. The van der Waals surface area contributed by atoms with E-state index in [9.17, 15) is 9.59 Å². The van der Waals surface area contributed by atoms with Gasteiger partial charge in [-0.2, -0.15) is 0 Å². The molecule has 3 rings (SSSR count). The summed E-state index contributed by atoms with van der Waals surface area (Å²) in [5.74, 6) is -1.37. The number of nitrogens with one attached hydrogen (secondary N) is 1. The van der Waals surface area contributed by atoms with Crippen LogP contribution in [0.3, 0.4) is 0 Å². The van der Waals surface area contributed by atoms with Crippen LogP contribution in [-0.4, -0.2) is 75.8 Å². The number of nitrogens with zero attached hydrogens (tertiary/aromatic N) is 4. The molecule has 3 heterocycles. The number of carboxylic acid groups (broad SMARTS) is 1. The number of carboxylic acids is 1. The second-order valence-electron chi connectivity index (χ2n) is 4.84. The summed E-state index contributed by atoms with van der Waals surface area (Å²) in [5.41, 5.74) is 0.239. The molecule has 1 unspecified atom stereocenters. The van der Waals surface area contributed by atoms with Gasteiger partial charge in [0.2, 0.25) is 0 Å². The SMILES string of the molecule is O=C(O)C1CN(C(=O)c2cn(C3CNC3)nn2)CCO1. The summed E-state index contributed by atoms with van der Waals surface area (Å²) >= 11 is 0. The molecule has 2 aliphatic heterocycles. The van der Waals surface area contributed by atoms with Gasteiger partial charge in [-0.25, -0.2) is 9.48 Å². The van der Waals surface area contributed by atoms with Crippen molar-refractivity contribution in [3.8, 4) is 0 Å². The number of aliphatic carboxylic acids is 1. The van der Waals surface area contributed by atoms with Gasteiger partial charge in [-0.3, -0.25) is 4.79 Å². The molecule has 2 aliphatic rings. The molecule has 1 aromatic heterocycles. The van der Waals surface area contributed by atoms with Crippen molar-refractivity contribution in [2.75, 3.05) is 32.8 Å². The maximum Gasteiger partial charge on any atom is 0.334 e. The second kappa shape index (κ2) is 5.17. The van der Waals surface area contributed by atoms with Crippen molar-refractivity contribution < 1.29 is 19.4 Å². The molecule has 2 N–H and O–H groups in total. The largest absolute Gasteiger partial charge is 0.479 e. The van der Waals surface area contributed by atoms with E-state index in [1.807, 2.05) is 0 Å². The fourth-order valence-electron chi connectivity index (χ4n) is 2.16. The van der Waals surface area contributed by atoms with Crippen LogP contribution < -0.4 is 5.32 Å². The Kier molecular flexibility index (Phi) is 3.36. The third kappa shape index (κ3) is 2.37. The van der Waals surface area contributed by atoms with Crippen molar-refractivity contribution in [1.82, 2.24) is 25.2 Å². The first-order valence-corrected chi connectivity index (χ1v) is 6.41. The first-order chi connectivity index (χ1) is 9.65. The molecule has 20 heavy (non-hydrogen) atoms. The Morgan fingerprint density at radius 2 is 2.25 bits per heavy atom. The lowest BCUT2D eigenvalue weighted by atomic mass is 10.2. The molecule has 0 aliphatic carbocycles. The highest BCUT2D eigenvalue weighted by atomic mass is 16.5. The predicted octanol–water partition coefficient (Wildman–Crippen LogP) is -1.65. The molecule has 2 fully saturated rings. The zero-order chi connectivity index (χ0) is 14.1. The summed E-state index contributed by atoms with van der Waals surface area (Å²) in [7, 11) is 0. The zero-order valence-electron chi connectivity index (χ0n) is 10.7. The molecular weight excluding hydrogens is 266 g/mol. The van der Waals surface area contributed by atoms with Crippen molar-refractivity contribution in [3.05, 3.63) is 11.9 Å². The number of carbonyl (C=O) groups excluding carboxylic acids is 1. The minimum atomic E-state index is -1.06. The molecule has 0 aromatic carbocycles. The second-order valence-corrected chi connectivity index (χ2v) is 4.84. The van der Waals surface area contributed by atoms with Gasteiger partial charge >= 0.3 is 5.97 Å². The molecule has 0 spiro atoms. The van der Waals surface area contributed by atoms with Crippen LogP contribution in [0.1, 0.15) is 16.5 Å². The highest BCUT2D eigenvalue weighted by Gasteiger charge is 2.31. The van der Waals surface area contributed by atoms with Gasteiger partial charge in [-0.15, -0.1) is 5.10 Å². The van der Waals surface area contributed by atoms with Crippen LogP contribution in [-0.2, 0) is 9.53 Å². The van der Waals surface area contributed by atoms with Crippen molar-refractivity contribution in [2.24, 2.45) is 0 Å². The normalized spacial score (nSPS) is 23.4. The van der Waals surface area contributed by atoms with Gasteiger partial charge in [0.1, 0.15) is 0 Å². The Bertz CT molecular complexity index is 527. The average Bonchev–Trinajstić information content (AvgIpc) is 2.85. The summed E-state index contributed by atoms with van der Waals surface area (Å²) in [4.78, 5) is 24.6. The van der Waals surface area contributed by atoms with Gasteiger partial charge in [0.15, 0.2) is 11.8 Å². The highest BCUT2D eigenvalue weighted by molar-refractivity contribution is 5.92. The van der Waals surface area contributed by atoms with Crippen molar-refractivity contribution in [2.45, 2.75) is 12.1 Å². The van der Waals surface area contributed by atoms with Crippen LogP contribution in [0.2, 0.25) is 0 Å². The van der Waals surface area contributed by atoms with E-state index >= 15 is 0 Å². The van der Waals surface area contributed by atoms with Crippen LogP contribution in [0.5, 0.6) is 0 Å². The van der Waals surface area contributed by atoms with Gasteiger partial charge in [-0.05, 0) is 0 Å². The van der Waals surface area contributed by atoms with Gasteiger partial charge in [0, 0.05) is 19.6 Å². The van der Waals surface area contributed by atoms with Gasteiger partial charge in [0.05, 0.1) is 25.4 Å². The summed E-state index contributed by atoms with van der Waals surface area (Å²) < 4.78 is 6.75. The van der Waals surface area contributed by atoms with Crippen LogP contribution in [0, 0.1) is 0 Å². The summed E-state index contributed by atoms with van der Waals surface area (Å²) in [6.45, 7) is 2.24. The number of hydrogen-bond donors (Lipinski definition) is 2. The first-order valence-electron chi connectivity index (χ1n) is 6.41. The molecule has 1 aromatic rings. The first kappa shape index (κ1) is 13.0. The topological polar surface area (TPSA) is 110 Å². The van der Waals surface area contributed by atoms with E-state index in [0.717, 1.165) is 13.1 Å². The Morgan fingerprint density at radius 1 is 1.45 bits per heavy atom. The highest BCUT2D eigenvalue weighted by Crippen LogP contribution is 2.13. The minimum absolute atomic E-state index is 0.0337. The monoisotopic (exact) mass is 281 g/mol. The number of amides is 1. The van der Waals surface area contributed by atoms with Crippen molar-refractivity contribution in [3.63, 3.8) is 0 Å². The average molecular weight is 281 g/mol. The molecule has 9 heteroatoms.